The Bertz CT molecular complexity index is 1520. The lowest BCUT2D eigenvalue weighted by Gasteiger charge is -2.21. The van der Waals surface area contributed by atoms with Crippen molar-refractivity contribution in [2.24, 2.45) is 0 Å². The Hall–Kier alpha value is -2.84. The highest BCUT2D eigenvalue weighted by molar-refractivity contribution is 7.89. The standard InChI is InChI=1S/C32H41ClN4O2S/c1-4-37(22-8-6-5-7-20-34-30-15-9-12-25-24-26(33)18-19-27(25)30)23-21-35-40(38,39)32-17-11-13-28-29(32)14-10-16-31(28)36(2)3/h9-19,24,34-35H,4-8,20-23H2,1-3H3. The van der Waals surface area contributed by atoms with Gasteiger partial charge in [-0.05, 0) is 61.6 Å². The number of nitrogens with one attached hydrogen (secondary N) is 2. The fourth-order valence-electron chi connectivity index (χ4n) is 5.18. The van der Waals surface area contributed by atoms with Crippen molar-refractivity contribution in [2.75, 3.05) is 57.0 Å². The van der Waals surface area contributed by atoms with Crippen molar-refractivity contribution in [1.29, 1.82) is 0 Å². The molecule has 40 heavy (non-hydrogen) atoms. The van der Waals surface area contributed by atoms with Gasteiger partial charge in [-0.1, -0.05) is 73.8 Å². The minimum absolute atomic E-state index is 0.331. The van der Waals surface area contributed by atoms with Crippen molar-refractivity contribution in [3.05, 3.63) is 77.8 Å². The van der Waals surface area contributed by atoms with Crippen LogP contribution in [0.25, 0.3) is 21.5 Å². The highest BCUT2D eigenvalue weighted by Gasteiger charge is 2.18. The molecule has 0 atom stereocenters. The van der Waals surface area contributed by atoms with E-state index in [2.05, 4.69) is 46.1 Å². The maximum Gasteiger partial charge on any atom is 0.241 e. The zero-order chi connectivity index (χ0) is 28.5. The van der Waals surface area contributed by atoms with Gasteiger partial charge in [-0.25, -0.2) is 13.1 Å². The van der Waals surface area contributed by atoms with Gasteiger partial charge in [0, 0.05) is 66.3 Å². The number of hydrogen-bond donors (Lipinski definition) is 2. The van der Waals surface area contributed by atoms with Crippen LogP contribution in [0.1, 0.15) is 32.6 Å². The summed E-state index contributed by atoms with van der Waals surface area (Å²) in [5, 5.41) is 8.35. The van der Waals surface area contributed by atoms with Crippen LogP contribution in [0.2, 0.25) is 5.02 Å². The SMILES string of the molecule is CCN(CCCCCCNc1cccc2cc(Cl)ccc12)CCNS(=O)(=O)c1cccc2c(N(C)C)cccc12. The fourth-order valence-corrected chi connectivity index (χ4v) is 6.60. The maximum atomic E-state index is 13.2. The Kier molecular flexibility index (Phi) is 10.7. The molecular formula is C32H41ClN4O2S. The lowest BCUT2D eigenvalue weighted by atomic mass is 10.1. The molecule has 0 unspecified atom stereocenters. The van der Waals surface area contributed by atoms with E-state index in [0.29, 0.717) is 18.0 Å². The number of fused-ring (bicyclic) bond motifs is 2. The summed E-state index contributed by atoms with van der Waals surface area (Å²) in [5.41, 5.74) is 2.15. The largest absolute Gasteiger partial charge is 0.385 e. The minimum Gasteiger partial charge on any atom is -0.385 e. The summed E-state index contributed by atoms with van der Waals surface area (Å²) in [6, 6.07) is 23.5. The van der Waals surface area contributed by atoms with Crippen LogP contribution in [0, 0.1) is 0 Å². The first kappa shape index (κ1) is 30.1. The van der Waals surface area contributed by atoms with Gasteiger partial charge in [0.25, 0.3) is 0 Å². The molecule has 0 aliphatic carbocycles. The highest BCUT2D eigenvalue weighted by Crippen LogP contribution is 2.30. The molecule has 4 aromatic rings. The molecule has 8 heteroatoms. The molecule has 0 amide bonds. The monoisotopic (exact) mass is 580 g/mol. The quantitative estimate of drug-likeness (QED) is 0.148. The fraction of sp³-hybridized carbons (Fsp3) is 0.375. The van der Waals surface area contributed by atoms with Crippen molar-refractivity contribution in [1.82, 2.24) is 9.62 Å². The molecular weight excluding hydrogens is 540 g/mol. The topological polar surface area (TPSA) is 64.7 Å². The van der Waals surface area contributed by atoms with Crippen LogP contribution in [0.3, 0.4) is 0 Å². The van der Waals surface area contributed by atoms with E-state index >= 15 is 0 Å². The third kappa shape index (κ3) is 7.67. The van der Waals surface area contributed by atoms with Gasteiger partial charge in [-0.15, -0.1) is 0 Å². The Morgan fingerprint density at radius 2 is 1.52 bits per heavy atom. The van der Waals surface area contributed by atoms with E-state index in [1.165, 1.54) is 5.39 Å². The van der Waals surface area contributed by atoms with Crippen LogP contribution in [0.5, 0.6) is 0 Å². The van der Waals surface area contributed by atoms with E-state index in [0.717, 1.165) is 77.9 Å². The van der Waals surface area contributed by atoms with Gasteiger partial charge in [0.15, 0.2) is 0 Å². The van der Waals surface area contributed by atoms with Crippen molar-refractivity contribution < 1.29 is 8.42 Å². The van der Waals surface area contributed by atoms with Crippen molar-refractivity contribution in [3.63, 3.8) is 0 Å². The molecule has 0 aliphatic rings. The van der Waals surface area contributed by atoms with E-state index in [1.807, 2.05) is 61.5 Å². The van der Waals surface area contributed by atoms with Crippen LogP contribution < -0.4 is 14.9 Å². The summed E-state index contributed by atoms with van der Waals surface area (Å²) in [5.74, 6) is 0. The third-order valence-corrected chi connectivity index (χ3v) is 9.11. The molecule has 6 nitrogen and oxygen atoms in total. The summed E-state index contributed by atoms with van der Waals surface area (Å²) in [7, 11) is 0.316. The summed E-state index contributed by atoms with van der Waals surface area (Å²) in [4.78, 5) is 4.65. The molecule has 4 aromatic carbocycles. The van der Waals surface area contributed by atoms with Gasteiger partial charge in [0.2, 0.25) is 10.0 Å². The van der Waals surface area contributed by atoms with Crippen LogP contribution in [0.15, 0.2) is 77.7 Å². The van der Waals surface area contributed by atoms with Crippen LogP contribution in [-0.4, -0.2) is 60.1 Å². The van der Waals surface area contributed by atoms with Gasteiger partial charge in [-0.3, -0.25) is 0 Å². The number of sulfonamides is 1. The molecule has 0 aromatic heterocycles. The van der Waals surface area contributed by atoms with Crippen molar-refractivity contribution in [2.45, 2.75) is 37.5 Å². The summed E-state index contributed by atoms with van der Waals surface area (Å²) in [6.07, 6.45) is 4.52. The normalized spacial score (nSPS) is 11.9. The second-order valence-corrected chi connectivity index (χ2v) is 12.5. The first-order chi connectivity index (χ1) is 19.3. The molecule has 0 bridgehead atoms. The number of anilines is 2. The molecule has 214 valence electrons. The Morgan fingerprint density at radius 3 is 2.33 bits per heavy atom. The predicted octanol–water partition coefficient (Wildman–Crippen LogP) is 6.99. The minimum atomic E-state index is -3.62. The van der Waals surface area contributed by atoms with Crippen LogP contribution in [-0.2, 0) is 10.0 Å². The average molecular weight is 581 g/mol. The van der Waals surface area contributed by atoms with E-state index in [-0.39, 0.29) is 0 Å². The van der Waals surface area contributed by atoms with Gasteiger partial charge >= 0.3 is 0 Å². The highest BCUT2D eigenvalue weighted by atomic mass is 35.5. The molecule has 0 fully saturated rings. The third-order valence-electron chi connectivity index (χ3n) is 7.36. The van der Waals surface area contributed by atoms with E-state index in [1.54, 1.807) is 6.07 Å². The molecule has 2 N–H and O–H groups in total. The predicted molar refractivity (Wildman–Crippen MR) is 171 cm³/mol. The second-order valence-electron chi connectivity index (χ2n) is 10.4. The molecule has 0 aliphatic heterocycles. The first-order valence-corrected chi connectivity index (χ1v) is 16.0. The molecule has 0 radical (unpaired) electrons. The zero-order valence-corrected chi connectivity index (χ0v) is 25.4. The molecule has 0 spiro atoms. The van der Waals surface area contributed by atoms with E-state index < -0.39 is 10.0 Å². The Morgan fingerprint density at radius 1 is 0.775 bits per heavy atom. The second kappa shape index (κ2) is 14.2. The number of hydrogen-bond acceptors (Lipinski definition) is 5. The van der Waals surface area contributed by atoms with Gasteiger partial charge in [-0.2, -0.15) is 0 Å². The van der Waals surface area contributed by atoms with Crippen molar-refractivity contribution >= 4 is 54.5 Å². The molecule has 4 rings (SSSR count). The molecule has 0 saturated heterocycles. The summed E-state index contributed by atoms with van der Waals surface area (Å²) < 4.78 is 29.2. The van der Waals surface area contributed by atoms with Gasteiger partial charge in [0.1, 0.15) is 0 Å². The molecule has 0 heterocycles. The number of unbranched alkanes of at least 4 members (excludes halogenated alkanes) is 3. The van der Waals surface area contributed by atoms with E-state index in [9.17, 15) is 8.42 Å². The summed E-state index contributed by atoms with van der Waals surface area (Å²) >= 11 is 6.13. The van der Waals surface area contributed by atoms with Crippen LogP contribution >= 0.6 is 11.6 Å². The number of rotatable bonds is 15. The summed E-state index contributed by atoms with van der Waals surface area (Å²) in [6.45, 7) is 6.01. The number of halogens is 1. The van der Waals surface area contributed by atoms with Crippen LogP contribution in [0.4, 0.5) is 11.4 Å². The number of nitrogens with zero attached hydrogens (tertiary/aromatic N) is 2. The van der Waals surface area contributed by atoms with Gasteiger partial charge in [0.05, 0.1) is 4.90 Å². The average Bonchev–Trinajstić information content (AvgIpc) is 2.94. The smallest absolute Gasteiger partial charge is 0.241 e. The number of likely N-dealkylation sites (N-methyl/N-ethyl adjacent to an activating group) is 1. The molecule has 0 saturated carbocycles. The first-order valence-electron chi connectivity index (χ1n) is 14.1. The lowest BCUT2D eigenvalue weighted by molar-refractivity contribution is 0.285. The van der Waals surface area contributed by atoms with E-state index in [4.69, 9.17) is 11.6 Å². The zero-order valence-electron chi connectivity index (χ0n) is 23.8. The Labute approximate surface area is 244 Å². The van der Waals surface area contributed by atoms with Gasteiger partial charge < -0.3 is 15.1 Å². The number of benzene rings is 4. The maximum absolute atomic E-state index is 13.2. The lowest BCUT2D eigenvalue weighted by Crippen LogP contribution is -2.35. The van der Waals surface area contributed by atoms with Crippen molar-refractivity contribution in [3.8, 4) is 0 Å². The Balaban J connectivity index is 1.19.